The predicted molar refractivity (Wildman–Crippen MR) is 101 cm³/mol. The number of nitrogens with one attached hydrogen (secondary N) is 1. The molecule has 1 aromatic carbocycles. The molecular formula is C18H18N4O4S. The summed E-state index contributed by atoms with van der Waals surface area (Å²) in [4.78, 5) is 16.6. The van der Waals surface area contributed by atoms with Gasteiger partial charge in [-0.3, -0.25) is 4.79 Å². The summed E-state index contributed by atoms with van der Waals surface area (Å²) in [7, 11) is 0. The van der Waals surface area contributed by atoms with Gasteiger partial charge in [-0.25, -0.2) is 4.98 Å². The Balaban J connectivity index is 1.59. The van der Waals surface area contributed by atoms with Gasteiger partial charge in [0.15, 0.2) is 11.5 Å². The molecule has 1 N–H and O–H groups in total. The number of ether oxygens (including phenoxy) is 3. The lowest BCUT2D eigenvalue weighted by Gasteiger charge is -2.06. The molecule has 1 aliphatic rings. The van der Waals surface area contributed by atoms with Crippen molar-refractivity contribution in [3.63, 3.8) is 0 Å². The van der Waals surface area contributed by atoms with E-state index in [-0.39, 0.29) is 19.3 Å². The number of amides is 1. The topological polar surface area (TPSA) is 87.5 Å². The summed E-state index contributed by atoms with van der Waals surface area (Å²) in [6.07, 6.45) is 0. The molecule has 9 heteroatoms. The standard InChI is InChI=1S/C18H18N4O4S/c1-3-24-8-17(23)20-16-6-11(2)21-22(16)18-19-13(9-27-18)12-4-5-14-15(7-12)26-10-25-14/h4-7,9H,3,8,10H2,1-2H3,(H,20,23). The number of anilines is 1. The molecule has 0 atom stereocenters. The highest BCUT2D eigenvalue weighted by Crippen LogP contribution is 2.36. The molecule has 3 heterocycles. The predicted octanol–water partition coefficient (Wildman–Crippen LogP) is 3.01. The summed E-state index contributed by atoms with van der Waals surface area (Å²) in [6.45, 7) is 4.42. The van der Waals surface area contributed by atoms with Crippen molar-refractivity contribution < 1.29 is 19.0 Å². The Morgan fingerprint density at radius 1 is 1.33 bits per heavy atom. The van der Waals surface area contributed by atoms with E-state index in [1.54, 1.807) is 10.7 Å². The fourth-order valence-electron chi connectivity index (χ4n) is 2.66. The maximum Gasteiger partial charge on any atom is 0.251 e. The SMILES string of the molecule is CCOCC(=O)Nc1cc(C)nn1-c1nc(-c2ccc3c(c2)OCO3)cs1. The number of nitrogens with zero attached hydrogens (tertiary/aromatic N) is 3. The van der Waals surface area contributed by atoms with Gasteiger partial charge < -0.3 is 19.5 Å². The molecule has 0 saturated carbocycles. The molecular weight excluding hydrogens is 368 g/mol. The van der Waals surface area contributed by atoms with Crippen LogP contribution in [-0.2, 0) is 9.53 Å². The maximum atomic E-state index is 12.0. The third-order valence-corrected chi connectivity index (χ3v) is 4.69. The van der Waals surface area contributed by atoms with Gasteiger partial charge >= 0.3 is 0 Å². The highest BCUT2D eigenvalue weighted by Gasteiger charge is 2.17. The van der Waals surface area contributed by atoms with E-state index in [2.05, 4.69) is 15.4 Å². The van der Waals surface area contributed by atoms with Crippen LogP contribution < -0.4 is 14.8 Å². The van der Waals surface area contributed by atoms with Crippen LogP contribution in [0.3, 0.4) is 0 Å². The van der Waals surface area contributed by atoms with Crippen LogP contribution in [0.1, 0.15) is 12.6 Å². The van der Waals surface area contributed by atoms with Gasteiger partial charge in [0.05, 0.1) is 11.4 Å². The number of thiazole rings is 1. The third kappa shape index (κ3) is 3.64. The molecule has 0 spiro atoms. The van der Waals surface area contributed by atoms with Gasteiger partial charge in [-0.15, -0.1) is 11.3 Å². The number of hydrogen-bond donors (Lipinski definition) is 1. The number of hydrogen-bond acceptors (Lipinski definition) is 7. The maximum absolute atomic E-state index is 12.0. The molecule has 1 aliphatic heterocycles. The fourth-order valence-corrected chi connectivity index (χ4v) is 3.45. The zero-order valence-electron chi connectivity index (χ0n) is 14.9. The second-order valence-corrected chi connectivity index (χ2v) is 6.69. The van der Waals surface area contributed by atoms with Crippen molar-refractivity contribution in [3.8, 4) is 27.9 Å². The molecule has 0 unspecified atom stereocenters. The van der Waals surface area contributed by atoms with Crippen LogP contribution in [0.4, 0.5) is 5.82 Å². The lowest BCUT2D eigenvalue weighted by atomic mass is 10.1. The molecule has 0 radical (unpaired) electrons. The first-order valence-electron chi connectivity index (χ1n) is 8.44. The van der Waals surface area contributed by atoms with Gasteiger partial charge in [0.25, 0.3) is 5.91 Å². The smallest absolute Gasteiger partial charge is 0.251 e. The van der Waals surface area contributed by atoms with Gasteiger partial charge in [-0.1, -0.05) is 0 Å². The third-order valence-electron chi connectivity index (χ3n) is 3.88. The van der Waals surface area contributed by atoms with E-state index in [0.717, 1.165) is 22.7 Å². The van der Waals surface area contributed by atoms with Crippen molar-refractivity contribution in [2.75, 3.05) is 25.3 Å². The normalized spacial score (nSPS) is 12.4. The second kappa shape index (κ2) is 7.37. The summed E-state index contributed by atoms with van der Waals surface area (Å²) in [6, 6.07) is 7.51. The molecule has 27 heavy (non-hydrogen) atoms. The van der Waals surface area contributed by atoms with Crippen molar-refractivity contribution in [2.45, 2.75) is 13.8 Å². The minimum atomic E-state index is -0.231. The highest BCUT2D eigenvalue weighted by molar-refractivity contribution is 7.12. The van der Waals surface area contributed by atoms with Crippen LogP contribution in [0.15, 0.2) is 29.6 Å². The van der Waals surface area contributed by atoms with Gasteiger partial charge in [0.2, 0.25) is 11.9 Å². The molecule has 2 aromatic heterocycles. The number of fused-ring (bicyclic) bond motifs is 1. The Hall–Kier alpha value is -2.91. The molecule has 140 valence electrons. The summed E-state index contributed by atoms with van der Waals surface area (Å²) in [5.41, 5.74) is 2.50. The van der Waals surface area contributed by atoms with E-state index >= 15 is 0 Å². The molecule has 0 fully saturated rings. The number of carbonyl (C=O) groups is 1. The van der Waals surface area contributed by atoms with Crippen LogP contribution in [0.5, 0.6) is 11.5 Å². The fraction of sp³-hybridized carbons (Fsp3) is 0.278. The van der Waals surface area contributed by atoms with Crippen molar-refractivity contribution in [1.82, 2.24) is 14.8 Å². The molecule has 0 bridgehead atoms. The number of carbonyl (C=O) groups excluding carboxylic acids is 1. The van der Waals surface area contributed by atoms with Crippen molar-refractivity contribution in [2.24, 2.45) is 0 Å². The summed E-state index contributed by atoms with van der Waals surface area (Å²) >= 11 is 1.44. The van der Waals surface area contributed by atoms with Gasteiger partial charge in [-0.2, -0.15) is 9.78 Å². The summed E-state index contributed by atoms with van der Waals surface area (Å²) in [5.74, 6) is 1.77. The monoisotopic (exact) mass is 386 g/mol. The van der Waals surface area contributed by atoms with Crippen LogP contribution in [0.25, 0.3) is 16.4 Å². The Kier molecular flexibility index (Phi) is 4.78. The highest BCUT2D eigenvalue weighted by atomic mass is 32.1. The second-order valence-electron chi connectivity index (χ2n) is 5.85. The molecule has 0 saturated heterocycles. The van der Waals surface area contributed by atoms with Gasteiger partial charge in [-0.05, 0) is 32.0 Å². The van der Waals surface area contributed by atoms with Gasteiger partial charge in [0.1, 0.15) is 12.4 Å². The lowest BCUT2D eigenvalue weighted by Crippen LogP contribution is -2.20. The minimum absolute atomic E-state index is 0.00103. The van der Waals surface area contributed by atoms with Crippen LogP contribution >= 0.6 is 11.3 Å². The van der Waals surface area contributed by atoms with Gasteiger partial charge in [0, 0.05) is 23.6 Å². The van der Waals surface area contributed by atoms with E-state index in [0.29, 0.717) is 23.3 Å². The first-order valence-corrected chi connectivity index (χ1v) is 9.32. The van der Waals surface area contributed by atoms with E-state index in [1.807, 2.05) is 37.4 Å². The molecule has 4 rings (SSSR count). The average molecular weight is 386 g/mol. The Morgan fingerprint density at radius 3 is 3.04 bits per heavy atom. The van der Waals surface area contributed by atoms with E-state index in [9.17, 15) is 4.79 Å². The Morgan fingerprint density at radius 2 is 2.19 bits per heavy atom. The first-order chi connectivity index (χ1) is 13.1. The Labute approximate surface area is 159 Å². The lowest BCUT2D eigenvalue weighted by molar-refractivity contribution is -0.120. The molecule has 8 nitrogen and oxygen atoms in total. The number of aryl methyl sites for hydroxylation is 1. The summed E-state index contributed by atoms with van der Waals surface area (Å²) in [5, 5.41) is 9.85. The van der Waals surface area contributed by atoms with Crippen molar-refractivity contribution in [1.29, 1.82) is 0 Å². The van der Waals surface area contributed by atoms with Crippen LogP contribution in [-0.4, -0.2) is 40.7 Å². The van der Waals surface area contributed by atoms with E-state index < -0.39 is 0 Å². The average Bonchev–Trinajstić information content (AvgIpc) is 3.38. The zero-order chi connectivity index (χ0) is 18.8. The largest absolute Gasteiger partial charge is 0.454 e. The van der Waals surface area contributed by atoms with Crippen molar-refractivity contribution in [3.05, 3.63) is 35.3 Å². The minimum Gasteiger partial charge on any atom is -0.454 e. The number of rotatable bonds is 6. The van der Waals surface area contributed by atoms with E-state index in [1.165, 1.54) is 11.3 Å². The van der Waals surface area contributed by atoms with Crippen molar-refractivity contribution >= 4 is 23.1 Å². The molecule has 0 aliphatic carbocycles. The molecule has 3 aromatic rings. The quantitative estimate of drug-likeness (QED) is 0.701. The zero-order valence-corrected chi connectivity index (χ0v) is 15.7. The van der Waals surface area contributed by atoms with Crippen LogP contribution in [0, 0.1) is 6.92 Å². The van der Waals surface area contributed by atoms with E-state index in [4.69, 9.17) is 14.2 Å². The Bertz CT molecular complexity index is 982. The first kappa shape index (κ1) is 17.5. The molecule has 1 amide bonds. The number of benzene rings is 1. The summed E-state index contributed by atoms with van der Waals surface area (Å²) < 4.78 is 17.5. The van der Waals surface area contributed by atoms with Crippen LogP contribution in [0.2, 0.25) is 0 Å². The number of aromatic nitrogens is 3.